The first kappa shape index (κ1) is 11.6. The molecule has 0 unspecified atom stereocenters. The molecule has 0 atom stereocenters. The standard InChI is InChI=1S/C13H9ClO3/c1-17-13(16)11-5-3-8-6-10(12(14)15)4-2-9(8)7-11/h2-7H,1H3. The van der Waals surface area contributed by atoms with Gasteiger partial charge >= 0.3 is 5.97 Å². The van der Waals surface area contributed by atoms with Crippen molar-refractivity contribution in [3.63, 3.8) is 0 Å². The summed E-state index contributed by atoms with van der Waals surface area (Å²) in [7, 11) is 1.34. The smallest absolute Gasteiger partial charge is 0.337 e. The highest BCUT2D eigenvalue weighted by atomic mass is 35.5. The molecule has 0 aromatic heterocycles. The minimum atomic E-state index is -0.496. The first-order valence-corrected chi connectivity index (χ1v) is 5.31. The van der Waals surface area contributed by atoms with Crippen LogP contribution in [0.5, 0.6) is 0 Å². The molecule has 2 aromatic carbocycles. The summed E-state index contributed by atoms with van der Waals surface area (Å²) in [4.78, 5) is 22.3. The third-order valence-corrected chi connectivity index (χ3v) is 2.71. The summed E-state index contributed by atoms with van der Waals surface area (Å²) in [5.41, 5.74) is 0.912. The third kappa shape index (κ3) is 2.29. The van der Waals surface area contributed by atoms with Gasteiger partial charge in [-0.25, -0.2) is 4.79 Å². The second-order valence-electron chi connectivity index (χ2n) is 3.54. The molecule has 17 heavy (non-hydrogen) atoms. The summed E-state index contributed by atoms with van der Waals surface area (Å²) >= 11 is 5.39. The predicted octanol–water partition coefficient (Wildman–Crippen LogP) is 3.01. The Labute approximate surface area is 103 Å². The van der Waals surface area contributed by atoms with Crippen LogP contribution in [0.3, 0.4) is 0 Å². The van der Waals surface area contributed by atoms with Crippen molar-refractivity contribution in [1.82, 2.24) is 0 Å². The van der Waals surface area contributed by atoms with Gasteiger partial charge in [0.15, 0.2) is 0 Å². The molecular weight excluding hydrogens is 240 g/mol. The van der Waals surface area contributed by atoms with Crippen molar-refractivity contribution in [2.45, 2.75) is 0 Å². The quantitative estimate of drug-likeness (QED) is 0.606. The van der Waals surface area contributed by atoms with E-state index in [1.165, 1.54) is 7.11 Å². The van der Waals surface area contributed by atoms with Crippen molar-refractivity contribution < 1.29 is 14.3 Å². The first-order valence-electron chi connectivity index (χ1n) is 4.94. The van der Waals surface area contributed by atoms with Crippen LogP contribution in [0.4, 0.5) is 0 Å². The van der Waals surface area contributed by atoms with E-state index in [2.05, 4.69) is 4.74 Å². The zero-order valence-electron chi connectivity index (χ0n) is 9.07. The molecule has 86 valence electrons. The molecule has 0 aliphatic rings. The Hall–Kier alpha value is -1.87. The number of hydrogen-bond acceptors (Lipinski definition) is 3. The number of methoxy groups -OCH3 is 1. The zero-order chi connectivity index (χ0) is 12.4. The van der Waals surface area contributed by atoms with Crippen molar-refractivity contribution >= 4 is 33.6 Å². The predicted molar refractivity (Wildman–Crippen MR) is 65.5 cm³/mol. The number of halogens is 1. The lowest BCUT2D eigenvalue weighted by Crippen LogP contribution is -2.00. The van der Waals surface area contributed by atoms with Gasteiger partial charge in [-0.05, 0) is 46.6 Å². The second kappa shape index (κ2) is 4.55. The van der Waals surface area contributed by atoms with E-state index in [9.17, 15) is 9.59 Å². The van der Waals surface area contributed by atoms with Crippen LogP contribution in [0.2, 0.25) is 0 Å². The number of carbonyl (C=O) groups is 2. The molecule has 3 nitrogen and oxygen atoms in total. The van der Waals surface area contributed by atoms with Crippen molar-refractivity contribution in [2.24, 2.45) is 0 Å². The number of hydrogen-bond donors (Lipinski definition) is 0. The lowest BCUT2D eigenvalue weighted by Gasteiger charge is -2.03. The fourth-order valence-corrected chi connectivity index (χ4v) is 1.73. The molecule has 0 aliphatic heterocycles. The van der Waals surface area contributed by atoms with Crippen molar-refractivity contribution in [1.29, 1.82) is 0 Å². The molecule has 0 saturated carbocycles. The topological polar surface area (TPSA) is 43.4 Å². The largest absolute Gasteiger partial charge is 0.465 e. The van der Waals surface area contributed by atoms with Crippen LogP contribution in [0.1, 0.15) is 20.7 Å². The van der Waals surface area contributed by atoms with E-state index in [0.717, 1.165) is 10.8 Å². The van der Waals surface area contributed by atoms with Gasteiger partial charge in [-0.3, -0.25) is 4.79 Å². The number of fused-ring (bicyclic) bond motifs is 1. The van der Waals surface area contributed by atoms with Gasteiger partial charge in [0.1, 0.15) is 0 Å². The van der Waals surface area contributed by atoms with Crippen molar-refractivity contribution in [3.8, 4) is 0 Å². The fraction of sp³-hybridized carbons (Fsp3) is 0.0769. The molecule has 4 heteroatoms. The number of benzene rings is 2. The van der Waals surface area contributed by atoms with Crippen LogP contribution in [-0.2, 0) is 4.74 Å². The number of carbonyl (C=O) groups excluding carboxylic acids is 2. The van der Waals surface area contributed by atoms with Crippen molar-refractivity contribution in [3.05, 3.63) is 47.5 Å². The molecule has 0 spiro atoms. The van der Waals surface area contributed by atoms with E-state index in [-0.39, 0.29) is 5.97 Å². The lowest BCUT2D eigenvalue weighted by molar-refractivity contribution is 0.0601. The summed E-state index contributed by atoms with van der Waals surface area (Å²) < 4.78 is 4.63. The summed E-state index contributed by atoms with van der Waals surface area (Å²) in [5.74, 6) is -0.385. The van der Waals surface area contributed by atoms with Crippen molar-refractivity contribution in [2.75, 3.05) is 7.11 Å². The monoisotopic (exact) mass is 248 g/mol. The Morgan fingerprint density at radius 3 is 2.06 bits per heavy atom. The minimum Gasteiger partial charge on any atom is -0.465 e. The van der Waals surface area contributed by atoms with E-state index in [1.54, 1.807) is 36.4 Å². The summed E-state index contributed by atoms with van der Waals surface area (Å²) in [5, 5.41) is 1.21. The Morgan fingerprint density at radius 2 is 1.53 bits per heavy atom. The molecule has 0 fully saturated rings. The maximum atomic E-state index is 11.3. The number of esters is 1. The highest BCUT2D eigenvalue weighted by molar-refractivity contribution is 6.67. The maximum Gasteiger partial charge on any atom is 0.337 e. The highest BCUT2D eigenvalue weighted by Crippen LogP contribution is 2.19. The van der Waals surface area contributed by atoms with Crippen LogP contribution < -0.4 is 0 Å². The first-order chi connectivity index (χ1) is 8.11. The van der Waals surface area contributed by atoms with E-state index in [0.29, 0.717) is 11.1 Å². The van der Waals surface area contributed by atoms with E-state index >= 15 is 0 Å². The SMILES string of the molecule is COC(=O)c1ccc2cc(C(=O)Cl)ccc2c1. The van der Waals surface area contributed by atoms with Gasteiger partial charge in [-0.15, -0.1) is 0 Å². The molecule has 0 bridgehead atoms. The van der Waals surface area contributed by atoms with Crippen LogP contribution in [0, 0.1) is 0 Å². The van der Waals surface area contributed by atoms with Gasteiger partial charge in [0.25, 0.3) is 5.24 Å². The Kier molecular flexibility index (Phi) is 3.11. The lowest BCUT2D eigenvalue weighted by atomic mass is 10.0. The van der Waals surface area contributed by atoms with Crippen LogP contribution in [0.25, 0.3) is 10.8 Å². The molecule has 0 radical (unpaired) electrons. The molecule has 0 N–H and O–H groups in total. The minimum absolute atomic E-state index is 0.385. The highest BCUT2D eigenvalue weighted by Gasteiger charge is 2.07. The normalized spacial score (nSPS) is 10.2. The Balaban J connectivity index is 2.54. The van der Waals surface area contributed by atoms with Gasteiger partial charge in [0, 0.05) is 5.56 Å². The van der Waals surface area contributed by atoms with Gasteiger partial charge in [-0.1, -0.05) is 12.1 Å². The molecule has 2 aromatic rings. The maximum absolute atomic E-state index is 11.3. The second-order valence-corrected chi connectivity index (χ2v) is 3.89. The number of ether oxygens (including phenoxy) is 1. The van der Waals surface area contributed by atoms with Gasteiger partial charge in [0.05, 0.1) is 12.7 Å². The van der Waals surface area contributed by atoms with Crippen LogP contribution >= 0.6 is 11.6 Å². The van der Waals surface area contributed by atoms with Gasteiger partial charge in [0.2, 0.25) is 0 Å². The summed E-state index contributed by atoms with van der Waals surface area (Å²) in [6.07, 6.45) is 0. The Bertz CT molecular complexity index is 605. The number of rotatable bonds is 2. The molecule has 0 saturated heterocycles. The van der Waals surface area contributed by atoms with E-state index in [1.807, 2.05) is 0 Å². The average Bonchev–Trinajstić information content (AvgIpc) is 2.36. The average molecular weight is 249 g/mol. The van der Waals surface area contributed by atoms with E-state index in [4.69, 9.17) is 11.6 Å². The fourth-order valence-electron chi connectivity index (χ4n) is 1.61. The van der Waals surface area contributed by atoms with Crippen LogP contribution in [0.15, 0.2) is 36.4 Å². The third-order valence-electron chi connectivity index (χ3n) is 2.49. The van der Waals surface area contributed by atoms with Gasteiger partial charge in [-0.2, -0.15) is 0 Å². The van der Waals surface area contributed by atoms with Gasteiger partial charge < -0.3 is 4.74 Å². The molecular formula is C13H9ClO3. The molecule has 0 heterocycles. The Morgan fingerprint density at radius 1 is 1.00 bits per heavy atom. The summed E-state index contributed by atoms with van der Waals surface area (Å²) in [6.45, 7) is 0. The zero-order valence-corrected chi connectivity index (χ0v) is 9.82. The molecule has 0 aliphatic carbocycles. The molecule has 2 rings (SSSR count). The summed E-state index contributed by atoms with van der Waals surface area (Å²) in [6, 6.07) is 10.2. The van der Waals surface area contributed by atoms with E-state index < -0.39 is 5.24 Å². The van der Waals surface area contributed by atoms with Crippen LogP contribution in [-0.4, -0.2) is 18.3 Å². The molecule has 0 amide bonds.